The van der Waals surface area contributed by atoms with Gasteiger partial charge in [-0.3, -0.25) is 9.52 Å². The first-order valence-corrected chi connectivity index (χ1v) is 8.42. The number of likely N-dealkylation sites (N-methyl/N-ethyl adjacent to an activating group) is 1. The topological polar surface area (TPSA) is 75.3 Å². The molecule has 2 N–H and O–H groups in total. The summed E-state index contributed by atoms with van der Waals surface area (Å²) >= 11 is 0. The Hall–Kier alpha value is -1.56. The summed E-state index contributed by atoms with van der Waals surface area (Å²) in [6.45, 7) is 1.59. The lowest BCUT2D eigenvalue weighted by atomic mass is 9.64. The monoisotopic (exact) mass is 296 g/mol. The van der Waals surface area contributed by atoms with Crippen molar-refractivity contribution >= 4 is 21.6 Å². The van der Waals surface area contributed by atoms with E-state index in [1.807, 2.05) is 12.1 Å². The highest BCUT2D eigenvalue weighted by atomic mass is 32.2. The third-order valence-corrected chi connectivity index (χ3v) is 5.27. The number of rotatable bonds is 5. The van der Waals surface area contributed by atoms with Crippen molar-refractivity contribution in [2.45, 2.75) is 31.6 Å². The lowest BCUT2D eigenvalue weighted by molar-refractivity contribution is -0.129. The standard InChI is InChI=1S/C14H20N2O3S/c1-3-20(18,19)16-12-7-5-11(6-8-12)14(9-4-10-14)13(17)15-2/h5-8,16H,3-4,9-10H2,1-2H3,(H,15,17). The maximum atomic E-state index is 12.1. The van der Waals surface area contributed by atoms with Crippen LogP contribution in [0.5, 0.6) is 0 Å². The number of anilines is 1. The molecule has 1 fully saturated rings. The zero-order chi connectivity index (χ0) is 14.8. The third kappa shape index (κ3) is 2.65. The minimum atomic E-state index is -3.26. The molecule has 0 unspecified atom stereocenters. The van der Waals surface area contributed by atoms with Crippen LogP contribution < -0.4 is 10.0 Å². The Morgan fingerprint density at radius 2 is 1.85 bits per heavy atom. The Labute approximate surface area is 119 Å². The van der Waals surface area contributed by atoms with Gasteiger partial charge in [0.2, 0.25) is 15.9 Å². The smallest absolute Gasteiger partial charge is 0.232 e. The Kier molecular flexibility index (Phi) is 4.04. The summed E-state index contributed by atoms with van der Waals surface area (Å²) in [6.07, 6.45) is 2.72. The molecule has 6 heteroatoms. The normalized spacial score (nSPS) is 17.1. The molecule has 5 nitrogen and oxygen atoms in total. The summed E-state index contributed by atoms with van der Waals surface area (Å²) in [6, 6.07) is 7.10. The van der Waals surface area contributed by atoms with E-state index in [9.17, 15) is 13.2 Å². The fourth-order valence-electron chi connectivity index (χ4n) is 2.53. The number of hydrogen-bond acceptors (Lipinski definition) is 3. The van der Waals surface area contributed by atoms with Crippen LogP contribution in [0.1, 0.15) is 31.7 Å². The Morgan fingerprint density at radius 1 is 1.25 bits per heavy atom. The molecule has 1 aromatic carbocycles. The van der Waals surface area contributed by atoms with E-state index in [1.165, 1.54) is 0 Å². The second-order valence-corrected chi connectivity index (χ2v) is 7.11. The van der Waals surface area contributed by atoms with Gasteiger partial charge in [0.15, 0.2) is 0 Å². The van der Waals surface area contributed by atoms with E-state index in [-0.39, 0.29) is 11.7 Å². The summed E-state index contributed by atoms with van der Waals surface area (Å²) in [5, 5.41) is 2.72. The van der Waals surface area contributed by atoms with Gasteiger partial charge in [-0.05, 0) is 37.5 Å². The quantitative estimate of drug-likeness (QED) is 0.867. The van der Waals surface area contributed by atoms with Crippen LogP contribution in [-0.4, -0.2) is 27.1 Å². The molecule has 1 aromatic rings. The first-order valence-electron chi connectivity index (χ1n) is 6.77. The summed E-state index contributed by atoms with van der Waals surface area (Å²) in [5.41, 5.74) is 1.04. The van der Waals surface area contributed by atoms with E-state index in [0.29, 0.717) is 5.69 Å². The molecule has 1 saturated carbocycles. The van der Waals surface area contributed by atoms with Gasteiger partial charge in [0.05, 0.1) is 11.2 Å². The van der Waals surface area contributed by atoms with Crippen molar-refractivity contribution in [1.82, 2.24) is 5.32 Å². The van der Waals surface area contributed by atoms with E-state index in [1.54, 1.807) is 26.1 Å². The molecular weight excluding hydrogens is 276 g/mol. The van der Waals surface area contributed by atoms with Gasteiger partial charge in [-0.2, -0.15) is 0 Å². The molecule has 0 heterocycles. The van der Waals surface area contributed by atoms with Gasteiger partial charge in [0.25, 0.3) is 0 Å². The highest BCUT2D eigenvalue weighted by molar-refractivity contribution is 7.92. The average Bonchev–Trinajstić information content (AvgIpc) is 2.39. The van der Waals surface area contributed by atoms with Crippen molar-refractivity contribution in [1.29, 1.82) is 0 Å². The third-order valence-electron chi connectivity index (χ3n) is 3.96. The zero-order valence-corrected chi connectivity index (χ0v) is 12.6. The number of amides is 1. The van der Waals surface area contributed by atoms with Crippen LogP contribution in [0.3, 0.4) is 0 Å². The summed E-state index contributed by atoms with van der Waals surface area (Å²) in [5.74, 6) is 0.0716. The maximum Gasteiger partial charge on any atom is 0.232 e. The number of hydrogen-bond donors (Lipinski definition) is 2. The van der Waals surface area contributed by atoms with E-state index in [4.69, 9.17) is 0 Å². The van der Waals surface area contributed by atoms with Crippen LogP contribution in [0.25, 0.3) is 0 Å². The van der Waals surface area contributed by atoms with Crippen LogP contribution in [-0.2, 0) is 20.2 Å². The fourth-order valence-corrected chi connectivity index (χ4v) is 3.17. The predicted molar refractivity (Wildman–Crippen MR) is 79.1 cm³/mol. The second kappa shape index (κ2) is 5.44. The Balaban J connectivity index is 2.22. The number of benzene rings is 1. The Bertz CT molecular complexity index is 589. The van der Waals surface area contributed by atoms with Crippen LogP contribution in [0, 0.1) is 0 Å². The van der Waals surface area contributed by atoms with Crippen molar-refractivity contribution in [2.75, 3.05) is 17.5 Å². The van der Waals surface area contributed by atoms with Crippen molar-refractivity contribution in [3.05, 3.63) is 29.8 Å². The first-order chi connectivity index (χ1) is 9.43. The molecule has 20 heavy (non-hydrogen) atoms. The second-order valence-electron chi connectivity index (χ2n) is 5.10. The SMILES string of the molecule is CCS(=O)(=O)Nc1ccc(C2(C(=O)NC)CCC2)cc1. The highest BCUT2D eigenvalue weighted by Crippen LogP contribution is 2.44. The number of sulfonamides is 1. The molecule has 0 atom stereocenters. The molecule has 110 valence electrons. The number of carbonyl (C=O) groups is 1. The molecule has 1 amide bonds. The molecule has 0 spiro atoms. The lowest BCUT2D eigenvalue weighted by Gasteiger charge is -2.40. The van der Waals surface area contributed by atoms with Gasteiger partial charge in [0, 0.05) is 12.7 Å². The number of carbonyl (C=O) groups excluding carboxylic acids is 1. The molecule has 1 aliphatic carbocycles. The molecule has 2 rings (SSSR count). The zero-order valence-electron chi connectivity index (χ0n) is 11.8. The van der Waals surface area contributed by atoms with Gasteiger partial charge in [0.1, 0.15) is 0 Å². The van der Waals surface area contributed by atoms with E-state index in [2.05, 4.69) is 10.0 Å². The largest absolute Gasteiger partial charge is 0.358 e. The molecule has 0 saturated heterocycles. The van der Waals surface area contributed by atoms with Crippen molar-refractivity contribution in [3.8, 4) is 0 Å². The van der Waals surface area contributed by atoms with E-state index >= 15 is 0 Å². The van der Waals surface area contributed by atoms with Crippen LogP contribution in [0.2, 0.25) is 0 Å². The van der Waals surface area contributed by atoms with Crippen molar-refractivity contribution in [3.63, 3.8) is 0 Å². The average molecular weight is 296 g/mol. The fraction of sp³-hybridized carbons (Fsp3) is 0.500. The molecule has 0 radical (unpaired) electrons. The van der Waals surface area contributed by atoms with E-state index < -0.39 is 15.4 Å². The summed E-state index contributed by atoms with van der Waals surface area (Å²) < 4.78 is 25.5. The highest BCUT2D eigenvalue weighted by Gasteiger charge is 2.44. The lowest BCUT2D eigenvalue weighted by Crippen LogP contribution is -2.48. The van der Waals surface area contributed by atoms with Gasteiger partial charge in [-0.15, -0.1) is 0 Å². The minimum absolute atomic E-state index is 0.0330. The Morgan fingerprint density at radius 3 is 2.25 bits per heavy atom. The molecule has 1 aliphatic rings. The molecule has 0 aliphatic heterocycles. The molecule has 0 bridgehead atoms. The van der Waals surface area contributed by atoms with Gasteiger partial charge in [-0.1, -0.05) is 18.6 Å². The van der Waals surface area contributed by atoms with Gasteiger partial charge >= 0.3 is 0 Å². The maximum absolute atomic E-state index is 12.1. The van der Waals surface area contributed by atoms with Crippen molar-refractivity contribution < 1.29 is 13.2 Å². The van der Waals surface area contributed by atoms with Gasteiger partial charge in [-0.25, -0.2) is 8.42 Å². The van der Waals surface area contributed by atoms with Crippen LogP contribution in [0.15, 0.2) is 24.3 Å². The first kappa shape index (κ1) is 14.8. The van der Waals surface area contributed by atoms with Gasteiger partial charge < -0.3 is 5.32 Å². The molecule has 0 aromatic heterocycles. The van der Waals surface area contributed by atoms with Crippen LogP contribution in [0.4, 0.5) is 5.69 Å². The summed E-state index contributed by atoms with van der Waals surface area (Å²) in [7, 11) is -1.62. The van der Waals surface area contributed by atoms with E-state index in [0.717, 1.165) is 24.8 Å². The number of nitrogens with one attached hydrogen (secondary N) is 2. The summed E-state index contributed by atoms with van der Waals surface area (Å²) in [4.78, 5) is 12.1. The molecular formula is C14H20N2O3S. The van der Waals surface area contributed by atoms with Crippen molar-refractivity contribution in [2.24, 2.45) is 0 Å². The van der Waals surface area contributed by atoms with Crippen LogP contribution >= 0.6 is 0 Å². The minimum Gasteiger partial charge on any atom is -0.358 e. The predicted octanol–water partition coefficient (Wildman–Crippen LogP) is 1.62.